The number of aliphatic hydroxyl groups is 2. The summed E-state index contributed by atoms with van der Waals surface area (Å²) in [6, 6.07) is -0.545. The monoisotopic (exact) mass is 972 g/mol. The predicted octanol–water partition coefficient (Wildman–Crippen LogP) is 19.4. The van der Waals surface area contributed by atoms with E-state index in [1.807, 2.05) is 0 Å². The lowest BCUT2D eigenvalue weighted by Gasteiger charge is -2.22. The van der Waals surface area contributed by atoms with Gasteiger partial charge in [0.2, 0.25) is 5.91 Å². The molecule has 3 N–H and O–H groups in total. The van der Waals surface area contributed by atoms with E-state index in [1.54, 1.807) is 0 Å². The Kier molecular flexibility index (Phi) is 57.5. The van der Waals surface area contributed by atoms with Crippen molar-refractivity contribution in [3.05, 3.63) is 24.3 Å². The number of esters is 1. The molecule has 0 aromatic rings. The van der Waals surface area contributed by atoms with Crippen LogP contribution < -0.4 is 5.32 Å². The van der Waals surface area contributed by atoms with Gasteiger partial charge in [0.1, 0.15) is 0 Å². The second kappa shape index (κ2) is 58.9. The Hall–Kier alpha value is -1.66. The minimum Gasteiger partial charge on any atom is -0.466 e. The molecule has 0 bridgehead atoms. The predicted molar refractivity (Wildman–Crippen MR) is 301 cm³/mol. The molecule has 6 nitrogen and oxygen atoms in total. The molecule has 0 aromatic carbocycles. The Morgan fingerprint density at radius 3 is 1.03 bits per heavy atom. The van der Waals surface area contributed by atoms with Crippen molar-refractivity contribution < 1.29 is 24.5 Å². The van der Waals surface area contributed by atoms with E-state index in [9.17, 15) is 19.8 Å². The molecule has 0 aliphatic rings. The molecule has 0 aromatic heterocycles. The summed E-state index contributed by atoms with van der Waals surface area (Å²) in [5.41, 5.74) is 0. The molecule has 2 atom stereocenters. The van der Waals surface area contributed by atoms with Crippen LogP contribution in [-0.2, 0) is 14.3 Å². The zero-order valence-electron chi connectivity index (χ0n) is 46.6. The van der Waals surface area contributed by atoms with Gasteiger partial charge in [0.05, 0.1) is 25.4 Å². The molecule has 6 heteroatoms. The normalized spacial score (nSPS) is 12.7. The van der Waals surface area contributed by atoms with E-state index in [0.29, 0.717) is 25.9 Å². The molecule has 69 heavy (non-hydrogen) atoms. The van der Waals surface area contributed by atoms with Gasteiger partial charge in [-0.3, -0.25) is 9.59 Å². The number of rotatable bonds is 58. The van der Waals surface area contributed by atoms with Gasteiger partial charge < -0.3 is 20.3 Å². The zero-order chi connectivity index (χ0) is 50.0. The number of hydrogen-bond acceptors (Lipinski definition) is 5. The molecule has 408 valence electrons. The number of nitrogens with one attached hydrogen (secondary N) is 1. The first-order valence-corrected chi connectivity index (χ1v) is 31.1. The molecule has 0 heterocycles. The first-order chi connectivity index (χ1) is 34.0. The Bertz CT molecular complexity index is 1080. The third-order valence-corrected chi connectivity index (χ3v) is 14.5. The van der Waals surface area contributed by atoms with Gasteiger partial charge in [-0.25, -0.2) is 0 Å². The number of hydrogen-bond donors (Lipinski definition) is 3. The number of carbonyl (C=O) groups is 2. The maximum Gasteiger partial charge on any atom is 0.305 e. The van der Waals surface area contributed by atoms with Gasteiger partial charge in [-0.05, 0) is 77.0 Å². The molecule has 0 saturated heterocycles. The number of amides is 1. The van der Waals surface area contributed by atoms with Gasteiger partial charge in [-0.1, -0.05) is 276 Å². The van der Waals surface area contributed by atoms with Crippen LogP contribution in [0.25, 0.3) is 0 Å². The molecule has 0 radical (unpaired) electrons. The molecule has 0 spiro atoms. The molecular formula is C63H121NO5. The molecule has 1 amide bonds. The van der Waals surface area contributed by atoms with E-state index in [-0.39, 0.29) is 18.5 Å². The summed E-state index contributed by atoms with van der Waals surface area (Å²) in [7, 11) is 0. The second-order valence-corrected chi connectivity index (χ2v) is 21.4. The average Bonchev–Trinajstić information content (AvgIpc) is 3.35. The lowest BCUT2D eigenvalue weighted by atomic mass is 10.0. The summed E-state index contributed by atoms with van der Waals surface area (Å²) < 4.78 is 5.49. The summed E-state index contributed by atoms with van der Waals surface area (Å²) in [5.74, 6) is -0.0324. The van der Waals surface area contributed by atoms with Crippen molar-refractivity contribution in [3.63, 3.8) is 0 Å². The lowest BCUT2D eigenvalue weighted by Crippen LogP contribution is -2.45. The van der Waals surface area contributed by atoms with E-state index in [0.717, 1.165) is 44.9 Å². The Balaban J connectivity index is 3.38. The highest BCUT2D eigenvalue weighted by atomic mass is 16.5. The second-order valence-electron chi connectivity index (χ2n) is 21.4. The van der Waals surface area contributed by atoms with Crippen LogP contribution in [0, 0.1) is 0 Å². The minimum absolute atomic E-state index is 0.00847. The highest BCUT2D eigenvalue weighted by Crippen LogP contribution is 2.17. The molecule has 0 saturated carbocycles. The van der Waals surface area contributed by atoms with Crippen LogP contribution in [0.2, 0.25) is 0 Å². The van der Waals surface area contributed by atoms with Gasteiger partial charge in [-0.2, -0.15) is 0 Å². The van der Waals surface area contributed by atoms with E-state index in [4.69, 9.17) is 4.74 Å². The van der Waals surface area contributed by atoms with Gasteiger partial charge in [0.25, 0.3) is 0 Å². The van der Waals surface area contributed by atoms with Gasteiger partial charge in [-0.15, -0.1) is 0 Å². The Labute approximate surface area is 431 Å². The molecule has 0 aliphatic heterocycles. The van der Waals surface area contributed by atoms with Crippen LogP contribution in [0.15, 0.2) is 24.3 Å². The van der Waals surface area contributed by atoms with Crippen molar-refractivity contribution in [2.24, 2.45) is 0 Å². The van der Waals surface area contributed by atoms with Crippen LogP contribution in [0.3, 0.4) is 0 Å². The number of carbonyl (C=O) groups excluding carboxylic acids is 2. The first-order valence-electron chi connectivity index (χ1n) is 31.1. The smallest absolute Gasteiger partial charge is 0.305 e. The van der Waals surface area contributed by atoms with Crippen LogP contribution in [-0.4, -0.2) is 47.4 Å². The molecule has 2 unspecified atom stereocenters. The number of unbranched alkanes of at least 4 members (excludes halogenated alkanes) is 43. The van der Waals surface area contributed by atoms with E-state index < -0.39 is 12.1 Å². The molecular weight excluding hydrogens is 851 g/mol. The quantitative estimate of drug-likeness (QED) is 0.0321. The van der Waals surface area contributed by atoms with Crippen LogP contribution in [0.4, 0.5) is 0 Å². The van der Waals surface area contributed by atoms with Crippen LogP contribution in [0.5, 0.6) is 0 Å². The number of aliphatic hydroxyl groups excluding tert-OH is 2. The van der Waals surface area contributed by atoms with Crippen molar-refractivity contribution in [1.29, 1.82) is 0 Å². The van der Waals surface area contributed by atoms with Crippen molar-refractivity contribution in [2.45, 2.75) is 353 Å². The fourth-order valence-electron chi connectivity index (χ4n) is 9.69. The van der Waals surface area contributed by atoms with Crippen LogP contribution in [0.1, 0.15) is 341 Å². The maximum absolute atomic E-state index is 12.5. The van der Waals surface area contributed by atoms with Gasteiger partial charge in [0.15, 0.2) is 0 Å². The van der Waals surface area contributed by atoms with Crippen molar-refractivity contribution in [1.82, 2.24) is 5.32 Å². The van der Waals surface area contributed by atoms with E-state index in [1.165, 1.54) is 263 Å². The molecule has 0 aliphatic carbocycles. The van der Waals surface area contributed by atoms with Crippen LogP contribution >= 0.6 is 0 Å². The van der Waals surface area contributed by atoms with Crippen molar-refractivity contribution in [3.8, 4) is 0 Å². The SMILES string of the molecule is CCCCCCCC/C=C\CCCCCCCCCC(=O)OCCCCCCCCCCCCCC/C=C\CCCCCCCCCC(=O)NC(CO)C(O)CCCCCCCCCCCCCC. The van der Waals surface area contributed by atoms with E-state index >= 15 is 0 Å². The summed E-state index contributed by atoms with van der Waals surface area (Å²) in [4.78, 5) is 24.5. The summed E-state index contributed by atoms with van der Waals surface area (Å²) in [6.07, 6.45) is 71.9. The lowest BCUT2D eigenvalue weighted by molar-refractivity contribution is -0.143. The third-order valence-electron chi connectivity index (χ3n) is 14.5. The molecule has 0 fully saturated rings. The van der Waals surface area contributed by atoms with Gasteiger partial charge >= 0.3 is 5.97 Å². The minimum atomic E-state index is -0.667. The fourth-order valence-corrected chi connectivity index (χ4v) is 9.69. The third kappa shape index (κ3) is 55.5. The highest BCUT2D eigenvalue weighted by molar-refractivity contribution is 5.76. The molecule has 0 rings (SSSR count). The average molecular weight is 973 g/mol. The number of ether oxygens (including phenoxy) is 1. The Morgan fingerprint density at radius 1 is 0.391 bits per heavy atom. The topological polar surface area (TPSA) is 95.9 Å². The summed E-state index contributed by atoms with van der Waals surface area (Å²) in [6.45, 7) is 4.95. The zero-order valence-corrected chi connectivity index (χ0v) is 46.6. The first kappa shape index (κ1) is 67.3. The maximum atomic E-state index is 12.5. The Morgan fingerprint density at radius 2 is 0.681 bits per heavy atom. The van der Waals surface area contributed by atoms with Crippen molar-refractivity contribution >= 4 is 11.9 Å². The van der Waals surface area contributed by atoms with Gasteiger partial charge in [0, 0.05) is 12.8 Å². The van der Waals surface area contributed by atoms with E-state index in [2.05, 4.69) is 43.5 Å². The van der Waals surface area contributed by atoms with Crippen molar-refractivity contribution in [2.75, 3.05) is 13.2 Å². The summed E-state index contributed by atoms with van der Waals surface area (Å²) >= 11 is 0. The highest BCUT2D eigenvalue weighted by Gasteiger charge is 2.20. The summed E-state index contributed by atoms with van der Waals surface area (Å²) in [5, 5.41) is 23.2. The number of allylic oxidation sites excluding steroid dienone is 4. The fraction of sp³-hybridized carbons (Fsp3) is 0.905. The standard InChI is InChI=1S/C63H121NO5/c1-3-5-7-9-11-13-15-17-18-26-30-33-37-41-45-49-53-57-63(68)69-58-54-50-46-42-38-34-31-28-25-23-21-19-20-22-24-27-29-32-36-40-44-48-52-56-62(67)64-60(59-65)61(66)55-51-47-43-39-35-16-14-12-10-8-6-4-2/h17-18,22,24,60-61,65-66H,3-16,19-21,23,25-59H2,1-2H3,(H,64,67)/b18-17-,24-22-. The largest absolute Gasteiger partial charge is 0.466 e.